The van der Waals surface area contributed by atoms with Gasteiger partial charge in [-0.05, 0) is 37.1 Å². The Balaban J connectivity index is 2.43. The first-order chi connectivity index (χ1) is 11.3. The normalized spacial score (nSPS) is 11.3. The summed E-state index contributed by atoms with van der Waals surface area (Å²) in [7, 11) is -3.71. The number of carbonyl (C=O) groups excluding carboxylic acids is 2. The molecule has 0 aromatic heterocycles. The van der Waals surface area contributed by atoms with Gasteiger partial charge in [0.1, 0.15) is 5.82 Å². The first-order valence-corrected chi connectivity index (χ1v) is 9.37. The molecule has 1 amide bonds. The van der Waals surface area contributed by atoms with Crippen LogP contribution in [0, 0.1) is 5.82 Å². The van der Waals surface area contributed by atoms with Crippen LogP contribution in [-0.2, 0) is 24.2 Å². The van der Waals surface area contributed by atoms with Crippen LogP contribution in [0.25, 0.3) is 0 Å². The lowest BCUT2D eigenvalue weighted by molar-refractivity contribution is -0.148. The van der Waals surface area contributed by atoms with Crippen molar-refractivity contribution in [2.75, 3.05) is 12.4 Å². The minimum Gasteiger partial charge on any atom is -0.456 e. The molecule has 134 valence electrons. The molecule has 0 aliphatic rings. The molecule has 6 nitrogen and oxygen atoms in total. The van der Waals surface area contributed by atoms with Crippen molar-refractivity contribution in [3.63, 3.8) is 0 Å². The van der Waals surface area contributed by atoms with E-state index in [-0.39, 0.29) is 17.4 Å². The van der Waals surface area contributed by atoms with E-state index in [9.17, 15) is 22.4 Å². The number of sulfone groups is 1. The second-order valence-corrected chi connectivity index (χ2v) is 7.37. The molecule has 0 saturated heterocycles. The zero-order chi connectivity index (χ0) is 18.2. The summed E-state index contributed by atoms with van der Waals surface area (Å²) >= 11 is 0. The van der Waals surface area contributed by atoms with E-state index >= 15 is 0 Å². The zero-order valence-corrected chi connectivity index (χ0v) is 14.6. The van der Waals surface area contributed by atoms with E-state index in [0.717, 1.165) is 37.1 Å². The first kappa shape index (κ1) is 20.1. The lowest BCUT2D eigenvalue weighted by atomic mass is 10.2. The van der Waals surface area contributed by atoms with Gasteiger partial charge >= 0.3 is 5.97 Å². The van der Waals surface area contributed by atoms with Crippen LogP contribution >= 0.6 is 0 Å². The van der Waals surface area contributed by atoms with Crippen LogP contribution in [0.3, 0.4) is 0 Å². The highest BCUT2D eigenvalue weighted by Crippen LogP contribution is 2.13. The van der Waals surface area contributed by atoms with Crippen molar-refractivity contribution in [2.24, 2.45) is 0 Å². The summed E-state index contributed by atoms with van der Waals surface area (Å²) in [4.78, 5) is 23.1. The zero-order valence-electron chi connectivity index (χ0n) is 13.7. The maximum absolute atomic E-state index is 12.8. The van der Waals surface area contributed by atoms with Crippen LogP contribution in [0.2, 0.25) is 0 Å². The fourth-order valence-corrected chi connectivity index (χ4v) is 3.18. The molecule has 8 heteroatoms. The average Bonchev–Trinajstić information content (AvgIpc) is 2.56. The first-order valence-electron chi connectivity index (χ1n) is 7.71. The third-order valence-corrected chi connectivity index (χ3v) is 5.19. The van der Waals surface area contributed by atoms with Crippen molar-refractivity contribution in [1.82, 2.24) is 5.32 Å². The van der Waals surface area contributed by atoms with E-state index in [1.165, 1.54) is 0 Å². The number of halogens is 1. The van der Waals surface area contributed by atoms with Crippen molar-refractivity contribution in [2.45, 2.75) is 44.0 Å². The molecule has 0 atom stereocenters. The van der Waals surface area contributed by atoms with Gasteiger partial charge in [-0.3, -0.25) is 9.59 Å². The van der Waals surface area contributed by atoms with E-state index < -0.39 is 39.9 Å². The van der Waals surface area contributed by atoms with Gasteiger partial charge in [-0.15, -0.1) is 0 Å². The molecule has 0 spiro atoms. The van der Waals surface area contributed by atoms with Crippen LogP contribution in [0.15, 0.2) is 29.2 Å². The SMILES string of the molecule is CCC(CC)NC(=O)COC(=O)CCS(=O)(=O)c1ccc(F)cc1. The summed E-state index contributed by atoms with van der Waals surface area (Å²) in [6.45, 7) is 3.42. The highest BCUT2D eigenvalue weighted by Gasteiger charge is 2.18. The maximum Gasteiger partial charge on any atom is 0.307 e. The fraction of sp³-hybridized carbons (Fsp3) is 0.500. The van der Waals surface area contributed by atoms with Gasteiger partial charge in [0.05, 0.1) is 17.1 Å². The number of benzene rings is 1. The molecular formula is C16H22FNO5S. The van der Waals surface area contributed by atoms with Crippen molar-refractivity contribution in [3.05, 3.63) is 30.1 Å². The summed E-state index contributed by atoms with van der Waals surface area (Å²) in [5, 5.41) is 2.71. The van der Waals surface area contributed by atoms with E-state index in [1.807, 2.05) is 13.8 Å². The quantitative estimate of drug-likeness (QED) is 0.537. The standard InChI is InChI=1S/C16H22FNO5S/c1-3-13(4-2)18-15(19)11-23-16(20)9-10-24(21,22)14-7-5-12(17)6-8-14/h5-8,13H,3-4,9-11H2,1-2H3,(H,18,19). The molecule has 0 saturated carbocycles. The molecule has 1 aromatic rings. The molecule has 0 unspecified atom stereocenters. The largest absolute Gasteiger partial charge is 0.456 e. The lowest BCUT2D eigenvalue weighted by Crippen LogP contribution is -2.37. The van der Waals surface area contributed by atoms with Gasteiger partial charge in [0.25, 0.3) is 5.91 Å². The summed E-state index contributed by atoms with van der Waals surface area (Å²) in [5.74, 6) is -2.21. The second kappa shape index (κ2) is 9.36. The van der Waals surface area contributed by atoms with Gasteiger partial charge in [-0.2, -0.15) is 0 Å². The topological polar surface area (TPSA) is 89.5 Å². The van der Waals surface area contributed by atoms with Gasteiger partial charge in [0.15, 0.2) is 16.4 Å². The molecule has 0 aliphatic heterocycles. The highest BCUT2D eigenvalue weighted by atomic mass is 32.2. The number of esters is 1. The maximum atomic E-state index is 12.8. The molecule has 1 rings (SSSR count). The molecule has 0 aliphatic carbocycles. The summed E-state index contributed by atoms with van der Waals surface area (Å²) in [6.07, 6.45) is 1.16. The number of amides is 1. The summed E-state index contributed by atoms with van der Waals surface area (Å²) < 4.78 is 41.6. The molecular weight excluding hydrogens is 337 g/mol. The molecule has 1 N–H and O–H groups in total. The number of ether oxygens (including phenoxy) is 1. The Hall–Kier alpha value is -1.96. The molecule has 0 radical (unpaired) electrons. The molecule has 0 bridgehead atoms. The number of rotatable bonds is 9. The number of hydrogen-bond acceptors (Lipinski definition) is 5. The lowest BCUT2D eigenvalue weighted by Gasteiger charge is -2.14. The van der Waals surface area contributed by atoms with Gasteiger partial charge in [-0.1, -0.05) is 13.8 Å². The van der Waals surface area contributed by atoms with E-state index in [1.54, 1.807) is 0 Å². The molecule has 1 aromatic carbocycles. The van der Waals surface area contributed by atoms with Crippen molar-refractivity contribution < 1.29 is 27.1 Å². The van der Waals surface area contributed by atoms with Crippen LogP contribution in [0.5, 0.6) is 0 Å². The van der Waals surface area contributed by atoms with Crippen molar-refractivity contribution in [3.8, 4) is 0 Å². The van der Waals surface area contributed by atoms with Crippen molar-refractivity contribution in [1.29, 1.82) is 0 Å². The fourth-order valence-electron chi connectivity index (χ4n) is 1.96. The Kier molecular flexibility index (Phi) is 7.84. The van der Waals surface area contributed by atoms with Crippen LogP contribution < -0.4 is 5.32 Å². The van der Waals surface area contributed by atoms with Gasteiger partial charge in [0, 0.05) is 6.04 Å². The van der Waals surface area contributed by atoms with E-state index in [4.69, 9.17) is 4.74 Å². The Morgan fingerprint density at radius 2 is 1.75 bits per heavy atom. The number of carbonyl (C=O) groups is 2. The van der Waals surface area contributed by atoms with Gasteiger partial charge < -0.3 is 10.1 Å². The predicted molar refractivity (Wildman–Crippen MR) is 86.5 cm³/mol. The smallest absolute Gasteiger partial charge is 0.307 e. The third-order valence-electron chi connectivity index (χ3n) is 3.46. The van der Waals surface area contributed by atoms with Crippen LogP contribution in [-0.4, -0.2) is 38.7 Å². The Morgan fingerprint density at radius 1 is 1.17 bits per heavy atom. The Labute approximate surface area is 141 Å². The monoisotopic (exact) mass is 359 g/mol. The highest BCUT2D eigenvalue weighted by molar-refractivity contribution is 7.91. The van der Waals surface area contributed by atoms with Gasteiger partial charge in [-0.25, -0.2) is 12.8 Å². The van der Waals surface area contributed by atoms with Gasteiger partial charge in [0.2, 0.25) is 0 Å². The minimum absolute atomic E-state index is 0.0232. The molecule has 24 heavy (non-hydrogen) atoms. The minimum atomic E-state index is -3.71. The predicted octanol–water partition coefficient (Wildman–Crippen LogP) is 1.84. The second-order valence-electron chi connectivity index (χ2n) is 5.26. The third kappa shape index (κ3) is 6.66. The van der Waals surface area contributed by atoms with E-state index in [2.05, 4.69) is 5.32 Å². The molecule has 0 fully saturated rings. The Bertz CT molecular complexity index is 654. The Morgan fingerprint density at radius 3 is 2.29 bits per heavy atom. The summed E-state index contributed by atoms with van der Waals surface area (Å²) in [5.41, 5.74) is 0. The van der Waals surface area contributed by atoms with E-state index in [0.29, 0.717) is 0 Å². The summed E-state index contributed by atoms with van der Waals surface area (Å²) in [6, 6.07) is 4.37. The number of nitrogens with one attached hydrogen (secondary N) is 1. The average molecular weight is 359 g/mol. The van der Waals surface area contributed by atoms with Crippen LogP contribution in [0.1, 0.15) is 33.1 Å². The van der Waals surface area contributed by atoms with Crippen molar-refractivity contribution >= 4 is 21.7 Å². The number of hydrogen-bond donors (Lipinski definition) is 1. The molecule has 0 heterocycles. The van der Waals surface area contributed by atoms with Crippen LogP contribution in [0.4, 0.5) is 4.39 Å².